The Labute approximate surface area is 261 Å². The second kappa shape index (κ2) is 13.5. The summed E-state index contributed by atoms with van der Waals surface area (Å²) < 4.78 is 85.3. The Morgan fingerprint density at radius 3 is 2.48 bits per heavy atom. The third-order valence-electron chi connectivity index (χ3n) is 7.93. The van der Waals surface area contributed by atoms with E-state index in [1.807, 2.05) is 0 Å². The zero-order valence-corrected chi connectivity index (χ0v) is 26.1. The van der Waals surface area contributed by atoms with Crippen LogP contribution in [0.3, 0.4) is 0 Å². The van der Waals surface area contributed by atoms with Crippen molar-refractivity contribution < 1.29 is 41.0 Å². The molecule has 5 rings (SSSR count). The summed E-state index contributed by atoms with van der Waals surface area (Å²) in [5, 5.41) is 13.2. The molecule has 0 bridgehead atoms. The number of ether oxygens (including phenoxy) is 1. The van der Waals surface area contributed by atoms with E-state index in [0.29, 0.717) is 35.4 Å². The number of aliphatic hydroxyl groups is 1. The Morgan fingerprint density at radius 1 is 1.11 bits per heavy atom. The maximum Gasteiger partial charge on any atom is 0.349 e. The summed E-state index contributed by atoms with van der Waals surface area (Å²) in [4.78, 5) is 19.2. The number of fused-ring (bicyclic) bond motifs is 1. The second-order valence-corrected chi connectivity index (χ2v) is 13.1. The van der Waals surface area contributed by atoms with Crippen LogP contribution in [0.1, 0.15) is 18.4 Å². The van der Waals surface area contributed by atoms with E-state index in [-0.39, 0.29) is 42.9 Å². The average Bonchev–Trinajstić information content (AvgIpc) is 3.46. The Morgan fingerprint density at radius 2 is 1.83 bits per heavy atom. The number of aliphatic hydroxyl groups excluding tert-OH is 1. The first-order chi connectivity index (χ1) is 21.9. The largest absolute Gasteiger partial charge is 0.491 e. The van der Waals surface area contributed by atoms with Crippen LogP contribution in [0.5, 0.6) is 5.75 Å². The van der Waals surface area contributed by atoms with Crippen LogP contribution < -0.4 is 20.7 Å². The normalized spacial score (nSPS) is 17.9. The molecule has 4 heterocycles. The molecule has 4 aromatic rings. The van der Waals surface area contributed by atoms with Gasteiger partial charge in [-0.3, -0.25) is 9.55 Å². The molecule has 248 valence electrons. The van der Waals surface area contributed by atoms with Crippen LogP contribution in [0.2, 0.25) is 0 Å². The SMILES string of the molecule is COc1c(F)cc(-c2cc(Cn3cnc4c(NCP(=O)(OC)OC)ncnc43)c(N3CCC[C@@](N)([C@H](O)C(F)F)C3)cn2)cc1F. The molecule has 13 nitrogen and oxygen atoms in total. The first kappa shape index (κ1) is 33.5. The molecule has 1 saturated heterocycles. The summed E-state index contributed by atoms with van der Waals surface area (Å²) in [5.41, 5.74) is 6.86. The van der Waals surface area contributed by atoms with Crippen molar-refractivity contribution in [1.82, 2.24) is 24.5 Å². The molecule has 2 atom stereocenters. The number of halogens is 4. The number of pyridine rings is 1. The molecule has 46 heavy (non-hydrogen) atoms. The van der Waals surface area contributed by atoms with Gasteiger partial charge in [-0.05, 0) is 36.6 Å². The Balaban J connectivity index is 1.55. The van der Waals surface area contributed by atoms with Gasteiger partial charge in [-0.2, -0.15) is 0 Å². The van der Waals surface area contributed by atoms with Gasteiger partial charge in [-0.15, -0.1) is 0 Å². The highest BCUT2D eigenvalue weighted by atomic mass is 31.2. The molecule has 1 aromatic carbocycles. The lowest BCUT2D eigenvalue weighted by Crippen LogP contribution is -2.63. The lowest BCUT2D eigenvalue weighted by molar-refractivity contribution is -0.0529. The maximum absolute atomic E-state index is 14.6. The van der Waals surface area contributed by atoms with Crippen molar-refractivity contribution in [2.24, 2.45) is 5.73 Å². The van der Waals surface area contributed by atoms with Gasteiger partial charge in [0.1, 0.15) is 24.2 Å². The van der Waals surface area contributed by atoms with Crippen molar-refractivity contribution in [3.8, 4) is 17.0 Å². The second-order valence-electron chi connectivity index (χ2n) is 10.8. The maximum atomic E-state index is 14.6. The summed E-state index contributed by atoms with van der Waals surface area (Å²) in [5.74, 6) is -2.10. The van der Waals surface area contributed by atoms with E-state index < -0.39 is 43.0 Å². The zero-order chi connectivity index (χ0) is 33.2. The number of anilines is 2. The molecule has 1 aliphatic rings. The molecule has 0 aliphatic carbocycles. The van der Waals surface area contributed by atoms with Crippen LogP contribution in [-0.4, -0.2) is 88.4 Å². The fourth-order valence-electron chi connectivity index (χ4n) is 5.46. The van der Waals surface area contributed by atoms with Gasteiger partial charge >= 0.3 is 7.60 Å². The molecule has 18 heteroatoms. The Kier molecular flexibility index (Phi) is 9.79. The summed E-state index contributed by atoms with van der Waals surface area (Å²) in [7, 11) is 0.254. The van der Waals surface area contributed by atoms with E-state index in [0.717, 1.165) is 19.2 Å². The predicted octanol–water partition coefficient (Wildman–Crippen LogP) is 4.00. The van der Waals surface area contributed by atoms with Crippen molar-refractivity contribution in [3.05, 3.63) is 54.2 Å². The van der Waals surface area contributed by atoms with Crippen LogP contribution >= 0.6 is 7.60 Å². The molecule has 1 aliphatic heterocycles. The van der Waals surface area contributed by atoms with E-state index in [4.69, 9.17) is 19.5 Å². The summed E-state index contributed by atoms with van der Waals surface area (Å²) in [6, 6.07) is 3.80. The van der Waals surface area contributed by atoms with Gasteiger partial charge in [0.05, 0.1) is 43.1 Å². The average molecular weight is 669 g/mol. The Hall–Kier alpha value is -3.89. The van der Waals surface area contributed by atoms with E-state index in [9.17, 15) is 27.2 Å². The zero-order valence-electron chi connectivity index (χ0n) is 25.2. The van der Waals surface area contributed by atoms with Crippen molar-refractivity contribution in [2.45, 2.75) is 37.5 Å². The molecule has 1 fully saturated rings. The minimum atomic E-state index is -3.42. The minimum Gasteiger partial charge on any atom is -0.491 e. The number of imidazole rings is 1. The molecule has 0 saturated carbocycles. The number of hydrogen-bond acceptors (Lipinski definition) is 12. The molecule has 0 spiro atoms. The highest BCUT2D eigenvalue weighted by Gasteiger charge is 2.43. The van der Waals surface area contributed by atoms with Gasteiger partial charge in [0.15, 0.2) is 28.8 Å². The molecule has 4 N–H and O–H groups in total. The third kappa shape index (κ3) is 6.64. The number of piperidine rings is 1. The quantitative estimate of drug-likeness (QED) is 0.147. The van der Waals surface area contributed by atoms with Crippen LogP contribution in [0.15, 0.2) is 37.1 Å². The van der Waals surface area contributed by atoms with Gasteiger partial charge in [-0.25, -0.2) is 32.5 Å². The van der Waals surface area contributed by atoms with Gasteiger partial charge < -0.3 is 39.4 Å². The lowest BCUT2D eigenvalue weighted by atomic mass is 9.84. The number of nitrogens with two attached hydrogens (primary N) is 1. The fraction of sp³-hybridized carbons (Fsp3) is 0.429. The molecule has 0 amide bonds. The molecule has 3 aromatic heterocycles. The van der Waals surface area contributed by atoms with E-state index in [1.165, 1.54) is 33.1 Å². The summed E-state index contributed by atoms with van der Waals surface area (Å²) >= 11 is 0. The predicted molar refractivity (Wildman–Crippen MR) is 161 cm³/mol. The number of aromatic nitrogens is 5. The monoisotopic (exact) mass is 668 g/mol. The number of alkyl halides is 2. The number of benzene rings is 1. The molecular weight excluding hydrogens is 635 g/mol. The summed E-state index contributed by atoms with van der Waals surface area (Å²) in [6.07, 6.45) is -0.427. The van der Waals surface area contributed by atoms with Crippen LogP contribution in [0, 0.1) is 11.6 Å². The minimum absolute atomic E-state index is 0.0963. The van der Waals surface area contributed by atoms with E-state index in [2.05, 4.69) is 25.3 Å². The summed E-state index contributed by atoms with van der Waals surface area (Å²) in [6.45, 7) is 0.423. The molecular formula is C28H33F4N8O5P. The fourth-order valence-corrected chi connectivity index (χ4v) is 6.21. The number of hydrogen-bond donors (Lipinski definition) is 3. The third-order valence-corrected chi connectivity index (χ3v) is 9.58. The highest BCUT2D eigenvalue weighted by Crippen LogP contribution is 2.46. The molecule has 0 radical (unpaired) electrons. The van der Waals surface area contributed by atoms with Crippen molar-refractivity contribution in [3.63, 3.8) is 0 Å². The van der Waals surface area contributed by atoms with E-state index in [1.54, 1.807) is 15.5 Å². The van der Waals surface area contributed by atoms with Crippen LogP contribution in [-0.2, 0) is 20.2 Å². The smallest absolute Gasteiger partial charge is 0.349 e. The van der Waals surface area contributed by atoms with Crippen molar-refractivity contribution in [2.75, 3.05) is 50.9 Å². The topological polar surface area (TPSA) is 163 Å². The first-order valence-electron chi connectivity index (χ1n) is 14.0. The number of methoxy groups -OCH3 is 1. The number of nitrogens with one attached hydrogen (secondary N) is 1. The van der Waals surface area contributed by atoms with Crippen LogP contribution in [0.4, 0.5) is 29.1 Å². The van der Waals surface area contributed by atoms with Gasteiger partial charge in [0.25, 0.3) is 6.43 Å². The van der Waals surface area contributed by atoms with Gasteiger partial charge in [-0.1, -0.05) is 0 Å². The highest BCUT2D eigenvalue weighted by molar-refractivity contribution is 7.53. The van der Waals surface area contributed by atoms with Crippen molar-refractivity contribution >= 4 is 30.3 Å². The lowest BCUT2D eigenvalue weighted by Gasteiger charge is -2.44. The number of nitrogens with zero attached hydrogens (tertiary/aromatic N) is 6. The molecule has 0 unspecified atom stereocenters. The van der Waals surface area contributed by atoms with Crippen molar-refractivity contribution in [1.29, 1.82) is 0 Å². The van der Waals surface area contributed by atoms with E-state index >= 15 is 0 Å². The standard InChI is InChI=1S/C28H33F4N8O5P/c1-43-23-18(29)7-16(8-19(23)30)20-9-17(21(10-34-20)39-6-4-5-28(33,12-39)24(41)25(31)32)11-40-14-37-22-26(35-13-36-27(22)40)38-15-46(42,44-2)45-3/h7-10,13-14,24-25,41H,4-6,11-12,15,33H2,1-3H3,(H,35,36,38)/t24-,28+/m1/s1. The first-order valence-corrected chi connectivity index (χ1v) is 15.8. The van der Waals surface area contributed by atoms with Gasteiger partial charge in [0.2, 0.25) is 0 Å². The van der Waals surface area contributed by atoms with Crippen LogP contribution in [0.25, 0.3) is 22.4 Å². The number of rotatable bonds is 12. The van der Waals surface area contributed by atoms with Gasteiger partial charge in [0, 0.05) is 32.9 Å². The Bertz CT molecular complexity index is 1730.